The van der Waals surface area contributed by atoms with E-state index in [4.69, 9.17) is 16.3 Å². The van der Waals surface area contributed by atoms with Crippen LogP contribution in [0.3, 0.4) is 0 Å². The van der Waals surface area contributed by atoms with Crippen molar-refractivity contribution in [3.63, 3.8) is 0 Å². The van der Waals surface area contributed by atoms with Crippen LogP contribution in [0.4, 0.5) is 10.1 Å². The molecule has 126 valence electrons. The van der Waals surface area contributed by atoms with Crippen molar-refractivity contribution in [2.24, 2.45) is 4.99 Å². The standard InChI is InChI=1S/C21H17ClFNO/c1-15-4-2-3-5-20(15)24-13-17-12-18(22)8-11-21(17)25-14-16-6-9-19(23)10-7-16/h2-13H,14H2,1H3. The largest absolute Gasteiger partial charge is 0.488 e. The van der Waals surface area contributed by atoms with E-state index in [0.717, 1.165) is 22.4 Å². The smallest absolute Gasteiger partial charge is 0.128 e. The number of benzene rings is 3. The fourth-order valence-corrected chi connectivity index (χ4v) is 2.52. The molecule has 0 radical (unpaired) electrons. The Hall–Kier alpha value is -2.65. The molecule has 0 spiro atoms. The number of para-hydroxylation sites is 1. The van der Waals surface area contributed by atoms with Crippen LogP contribution in [0.5, 0.6) is 5.75 Å². The molecular formula is C21H17ClFNO. The molecule has 0 aliphatic rings. The highest BCUT2D eigenvalue weighted by Crippen LogP contribution is 2.24. The number of rotatable bonds is 5. The van der Waals surface area contributed by atoms with Gasteiger partial charge >= 0.3 is 0 Å². The summed E-state index contributed by atoms with van der Waals surface area (Å²) in [5.41, 5.74) is 3.66. The molecule has 0 bridgehead atoms. The molecule has 0 saturated carbocycles. The number of ether oxygens (including phenoxy) is 1. The van der Waals surface area contributed by atoms with E-state index in [9.17, 15) is 4.39 Å². The maximum absolute atomic E-state index is 13.0. The van der Waals surface area contributed by atoms with E-state index in [-0.39, 0.29) is 5.82 Å². The van der Waals surface area contributed by atoms with Gasteiger partial charge in [-0.2, -0.15) is 0 Å². The van der Waals surface area contributed by atoms with Crippen LogP contribution >= 0.6 is 11.6 Å². The van der Waals surface area contributed by atoms with Crippen LogP contribution in [0.15, 0.2) is 71.7 Å². The fraction of sp³-hybridized carbons (Fsp3) is 0.0952. The van der Waals surface area contributed by atoms with E-state index in [2.05, 4.69) is 4.99 Å². The first-order valence-electron chi connectivity index (χ1n) is 7.88. The Kier molecular flexibility index (Phi) is 5.46. The zero-order chi connectivity index (χ0) is 17.6. The number of aryl methyl sites for hydroxylation is 1. The molecule has 0 atom stereocenters. The van der Waals surface area contributed by atoms with Gasteiger partial charge < -0.3 is 4.74 Å². The summed E-state index contributed by atoms with van der Waals surface area (Å²) in [6.45, 7) is 2.35. The van der Waals surface area contributed by atoms with Gasteiger partial charge in [-0.1, -0.05) is 41.9 Å². The first-order chi connectivity index (χ1) is 12.1. The van der Waals surface area contributed by atoms with Crippen LogP contribution in [-0.2, 0) is 6.61 Å². The average molecular weight is 354 g/mol. The van der Waals surface area contributed by atoms with Gasteiger partial charge in [0.05, 0.1) is 5.69 Å². The maximum atomic E-state index is 13.0. The minimum Gasteiger partial charge on any atom is -0.488 e. The molecule has 0 heterocycles. The lowest BCUT2D eigenvalue weighted by Crippen LogP contribution is -1.98. The number of hydrogen-bond donors (Lipinski definition) is 0. The van der Waals surface area contributed by atoms with Gasteiger partial charge in [0.15, 0.2) is 0 Å². The Balaban J connectivity index is 1.80. The van der Waals surface area contributed by atoms with Crippen LogP contribution in [0, 0.1) is 12.7 Å². The summed E-state index contributed by atoms with van der Waals surface area (Å²) in [4.78, 5) is 4.53. The second kappa shape index (κ2) is 7.95. The molecule has 0 aliphatic heterocycles. The van der Waals surface area contributed by atoms with Crippen molar-refractivity contribution in [2.45, 2.75) is 13.5 Å². The minimum atomic E-state index is -0.263. The van der Waals surface area contributed by atoms with E-state index < -0.39 is 0 Å². The van der Waals surface area contributed by atoms with E-state index in [1.165, 1.54) is 12.1 Å². The van der Waals surface area contributed by atoms with Crippen molar-refractivity contribution in [1.82, 2.24) is 0 Å². The van der Waals surface area contributed by atoms with Crippen LogP contribution in [0.25, 0.3) is 0 Å². The van der Waals surface area contributed by atoms with Gasteiger partial charge in [0, 0.05) is 16.8 Å². The Morgan fingerprint density at radius 3 is 2.56 bits per heavy atom. The van der Waals surface area contributed by atoms with Crippen molar-refractivity contribution < 1.29 is 9.13 Å². The summed E-state index contributed by atoms with van der Waals surface area (Å²) < 4.78 is 18.8. The van der Waals surface area contributed by atoms with Crippen LogP contribution in [0.1, 0.15) is 16.7 Å². The van der Waals surface area contributed by atoms with E-state index in [1.807, 2.05) is 43.3 Å². The molecule has 3 aromatic carbocycles. The second-order valence-corrected chi connectivity index (χ2v) is 6.08. The fourth-order valence-electron chi connectivity index (χ4n) is 2.34. The molecule has 0 N–H and O–H groups in total. The Bertz CT molecular complexity index is 891. The van der Waals surface area contributed by atoms with E-state index in [0.29, 0.717) is 17.4 Å². The zero-order valence-corrected chi connectivity index (χ0v) is 14.5. The summed E-state index contributed by atoms with van der Waals surface area (Å²) in [5, 5.41) is 0.611. The van der Waals surface area contributed by atoms with Gasteiger partial charge in [-0.25, -0.2) is 4.39 Å². The third kappa shape index (κ3) is 4.68. The average Bonchev–Trinajstić information content (AvgIpc) is 2.61. The lowest BCUT2D eigenvalue weighted by atomic mass is 10.2. The number of hydrogen-bond acceptors (Lipinski definition) is 2. The molecular weight excluding hydrogens is 337 g/mol. The van der Waals surface area contributed by atoms with Crippen molar-refractivity contribution in [3.8, 4) is 5.75 Å². The Morgan fingerprint density at radius 1 is 1.04 bits per heavy atom. The lowest BCUT2D eigenvalue weighted by molar-refractivity contribution is 0.305. The predicted molar refractivity (Wildman–Crippen MR) is 101 cm³/mol. The van der Waals surface area contributed by atoms with Gasteiger partial charge in [0.25, 0.3) is 0 Å². The summed E-state index contributed by atoms with van der Waals surface area (Å²) in [6, 6.07) is 19.5. The van der Waals surface area contributed by atoms with Gasteiger partial charge in [-0.05, 0) is 54.4 Å². The lowest BCUT2D eigenvalue weighted by Gasteiger charge is -2.10. The highest BCUT2D eigenvalue weighted by atomic mass is 35.5. The molecule has 0 aromatic heterocycles. The topological polar surface area (TPSA) is 21.6 Å². The normalized spacial score (nSPS) is 11.0. The van der Waals surface area contributed by atoms with E-state index in [1.54, 1.807) is 24.4 Å². The monoisotopic (exact) mass is 353 g/mol. The van der Waals surface area contributed by atoms with Crippen molar-refractivity contribution in [1.29, 1.82) is 0 Å². The van der Waals surface area contributed by atoms with Crippen molar-refractivity contribution in [3.05, 3.63) is 94.3 Å². The zero-order valence-electron chi connectivity index (χ0n) is 13.7. The highest BCUT2D eigenvalue weighted by molar-refractivity contribution is 6.30. The van der Waals surface area contributed by atoms with Crippen molar-refractivity contribution in [2.75, 3.05) is 0 Å². The summed E-state index contributed by atoms with van der Waals surface area (Å²) in [6.07, 6.45) is 1.74. The molecule has 0 saturated heterocycles. The SMILES string of the molecule is Cc1ccccc1N=Cc1cc(Cl)ccc1OCc1ccc(F)cc1. The van der Waals surface area contributed by atoms with Gasteiger partial charge in [0.2, 0.25) is 0 Å². The molecule has 0 aliphatic carbocycles. The Labute approximate surface area is 151 Å². The van der Waals surface area contributed by atoms with Crippen molar-refractivity contribution >= 4 is 23.5 Å². The first kappa shape index (κ1) is 17.2. The molecule has 25 heavy (non-hydrogen) atoms. The first-order valence-corrected chi connectivity index (χ1v) is 8.26. The summed E-state index contributed by atoms with van der Waals surface area (Å²) >= 11 is 6.11. The van der Waals surface area contributed by atoms with Gasteiger partial charge in [-0.3, -0.25) is 4.99 Å². The van der Waals surface area contributed by atoms with Gasteiger partial charge in [0.1, 0.15) is 18.2 Å². The number of nitrogens with zero attached hydrogens (tertiary/aromatic N) is 1. The second-order valence-electron chi connectivity index (χ2n) is 5.64. The summed E-state index contributed by atoms with van der Waals surface area (Å²) in [7, 11) is 0. The third-order valence-electron chi connectivity index (χ3n) is 3.74. The van der Waals surface area contributed by atoms with Gasteiger partial charge in [-0.15, -0.1) is 0 Å². The predicted octanol–water partition coefficient (Wildman–Crippen LogP) is 6.12. The minimum absolute atomic E-state index is 0.263. The molecule has 3 rings (SSSR count). The molecule has 4 heteroatoms. The summed E-state index contributed by atoms with van der Waals surface area (Å²) in [5.74, 6) is 0.410. The molecule has 2 nitrogen and oxygen atoms in total. The molecule has 0 unspecified atom stereocenters. The maximum Gasteiger partial charge on any atom is 0.128 e. The van der Waals surface area contributed by atoms with E-state index >= 15 is 0 Å². The molecule has 3 aromatic rings. The van der Waals surface area contributed by atoms with Crippen LogP contribution in [-0.4, -0.2) is 6.21 Å². The van der Waals surface area contributed by atoms with Crippen LogP contribution < -0.4 is 4.74 Å². The number of halogens is 2. The number of aliphatic imine (C=N–C) groups is 1. The Morgan fingerprint density at radius 2 is 1.80 bits per heavy atom. The van der Waals surface area contributed by atoms with Crippen LogP contribution in [0.2, 0.25) is 5.02 Å². The molecule has 0 fully saturated rings. The molecule has 0 amide bonds. The highest BCUT2D eigenvalue weighted by Gasteiger charge is 2.04. The third-order valence-corrected chi connectivity index (χ3v) is 3.97. The quantitative estimate of drug-likeness (QED) is 0.506.